The zero-order chi connectivity index (χ0) is 14.1. The van der Waals surface area contributed by atoms with Crippen molar-refractivity contribution in [1.29, 1.82) is 0 Å². The van der Waals surface area contributed by atoms with E-state index >= 15 is 0 Å². The van der Waals surface area contributed by atoms with Crippen molar-refractivity contribution in [2.24, 2.45) is 4.99 Å². The third-order valence-electron chi connectivity index (χ3n) is 3.36. The van der Waals surface area contributed by atoms with E-state index < -0.39 is 0 Å². The van der Waals surface area contributed by atoms with E-state index in [9.17, 15) is 0 Å². The molecule has 0 bridgehead atoms. The molecule has 1 aliphatic rings. The quantitative estimate of drug-likeness (QED) is 0.670. The number of hydrogen-bond acceptors (Lipinski definition) is 5. The molecule has 0 unspecified atom stereocenters. The number of anilines is 1. The lowest BCUT2D eigenvalue weighted by Crippen LogP contribution is -2.26. The third kappa shape index (κ3) is 2.31. The summed E-state index contributed by atoms with van der Waals surface area (Å²) in [5.74, 6) is 0.819. The Morgan fingerprint density at radius 1 is 1.19 bits per heavy atom. The molecule has 2 aromatic heterocycles. The van der Waals surface area contributed by atoms with E-state index in [4.69, 9.17) is 0 Å². The first-order valence-corrected chi connectivity index (χ1v) is 6.84. The maximum absolute atomic E-state index is 4.61. The van der Waals surface area contributed by atoms with Crippen LogP contribution in [0.1, 0.15) is 0 Å². The molecule has 6 heteroatoms. The van der Waals surface area contributed by atoms with Crippen LogP contribution >= 0.6 is 0 Å². The molecule has 0 fully saturated rings. The lowest BCUT2D eigenvalue weighted by molar-refractivity contribution is 0.959. The second-order valence-corrected chi connectivity index (χ2v) is 4.83. The summed E-state index contributed by atoms with van der Waals surface area (Å²) in [4.78, 5) is 16.4. The van der Waals surface area contributed by atoms with Gasteiger partial charge in [-0.05, 0) is 18.2 Å². The maximum atomic E-state index is 4.61. The molecule has 0 aliphatic carbocycles. The first kappa shape index (κ1) is 11.9. The van der Waals surface area contributed by atoms with Crippen LogP contribution in [0.5, 0.6) is 0 Å². The number of aromatic amines is 1. The second-order valence-electron chi connectivity index (χ2n) is 4.83. The van der Waals surface area contributed by atoms with Gasteiger partial charge in [0, 0.05) is 24.0 Å². The Kier molecular flexibility index (Phi) is 2.77. The molecule has 0 radical (unpaired) electrons. The summed E-state index contributed by atoms with van der Waals surface area (Å²) >= 11 is 0. The highest BCUT2D eigenvalue weighted by Gasteiger charge is 2.07. The minimum Gasteiger partial charge on any atom is -0.354 e. The summed E-state index contributed by atoms with van der Waals surface area (Å²) in [7, 11) is 0. The van der Waals surface area contributed by atoms with Crippen LogP contribution in [0.15, 0.2) is 47.7 Å². The zero-order valence-electron chi connectivity index (χ0n) is 11.3. The van der Waals surface area contributed by atoms with Gasteiger partial charge in [0.1, 0.15) is 5.52 Å². The van der Waals surface area contributed by atoms with Gasteiger partial charge in [-0.1, -0.05) is 12.1 Å². The van der Waals surface area contributed by atoms with Gasteiger partial charge in [-0.25, -0.2) is 9.97 Å². The van der Waals surface area contributed by atoms with Crippen molar-refractivity contribution in [2.45, 2.75) is 0 Å². The summed E-state index contributed by atoms with van der Waals surface area (Å²) in [6, 6.07) is 10.00. The van der Waals surface area contributed by atoms with Crippen molar-refractivity contribution < 1.29 is 0 Å². The van der Waals surface area contributed by atoms with Crippen molar-refractivity contribution in [3.05, 3.63) is 42.7 Å². The fourth-order valence-corrected chi connectivity index (χ4v) is 2.34. The lowest BCUT2D eigenvalue weighted by Gasteiger charge is -2.08. The Bertz CT molecular complexity index is 820. The molecule has 3 N–H and O–H groups in total. The minimum absolute atomic E-state index is 0.803. The first-order valence-electron chi connectivity index (χ1n) is 6.84. The number of hydrogen-bond donors (Lipinski definition) is 3. The number of rotatable bonds is 2. The van der Waals surface area contributed by atoms with Crippen molar-refractivity contribution in [3.8, 4) is 11.3 Å². The number of benzene rings is 1. The summed E-state index contributed by atoms with van der Waals surface area (Å²) in [5, 5.41) is 6.46. The molecule has 0 spiro atoms. The second kappa shape index (κ2) is 4.90. The largest absolute Gasteiger partial charge is 0.354 e. The highest BCUT2D eigenvalue weighted by Crippen LogP contribution is 2.22. The highest BCUT2D eigenvalue weighted by atomic mass is 15.2. The van der Waals surface area contributed by atoms with E-state index in [2.05, 4.69) is 30.6 Å². The topological polar surface area (TPSA) is 78.0 Å². The van der Waals surface area contributed by atoms with Gasteiger partial charge < -0.3 is 15.6 Å². The van der Waals surface area contributed by atoms with E-state index in [1.807, 2.05) is 36.5 Å². The Hall–Kier alpha value is -2.89. The van der Waals surface area contributed by atoms with Gasteiger partial charge in [-0.15, -0.1) is 0 Å². The molecule has 21 heavy (non-hydrogen) atoms. The number of aromatic nitrogens is 3. The standard InChI is InChI=1S/C15H14N6/c1-2-10(8-11(3-1)20-15-17-6-7-18-15)13-9-19-14-12(21-13)4-5-16-14/h1-5,8-9H,6-7H2,(H,16,19)(H2,17,18,20). The number of nitrogens with one attached hydrogen (secondary N) is 3. The van der Waals surface area contributed by atoms with Crippen LogP contribution in [0.4, 0.5) is 5.69 Å². The Morgan fingerprint density at radius 2 is 2.19 bits per heavy atom. The van der Waals surface area contributed by atoms with Gasteiger partial charge in [0.25, 0.3) is 0 Å². The van der Waals surface area contributed by atoms with E-state index in [1.54, 1.807) is 6.20 Å². The molecule has 3 heterocycles. The number of nitrogens with zero attached hydrogens (tertiary/aromatic N) is 3. The summed E-state index contributed by atoms with van der Waals surface area (Å²) in [6.07, 6.45) is 3.62. The van der Waals surface area contributed by atoms with E-state index in [-0.39, 0.29) is 0 Å². The molecule has 4 rings (SSSR count). The Morgan fingerprint density at radius 3 is 3.10 bits per heavy atom. The molecule has 1 aliphatic heterocycles. The summed E-state index contributed by atoms with van der Waals surface area (Å²) < 4.78 is 0. The van der Waals surface area contributed by atoms with Crippen LogP contribution in [0, 0.1) is 0 Å². The number of guanidine groups is 1. The van der Waals surface area contributed by atoms with Crippen LogP contribution in [-0.2, 0) is 0 Å². The van der Waals surface area contributed by atoms with Gasteiger partial charge in [-0.2, -0.15) is 0 Å². The Balaban J connectivity index is 1.67. The van der Waals surface area contributed by atoms with Gasteiger partial charge in [-0.3, -0.25) is 4.99 Å². The molecule has 3 aromatic rings. The fraction of sp³-hybridized carbons (Fsp3) is 0.133. The van der Waals surface area contributed by atoms with E-state index in [0.717, 1.165) is 47.2 Å². The molecule has 1 aromatic carbocycles. The SMILES string of the molecule is c1cc(NC2=NCCN2)cc(-c2cnc3[nH]ccc3n2)c1. The average molecular weight is 278 g/mol. The molecular formula is C15H14N6. The molecule has 0 saturated heterocycles. The van der Waals surface area contributed by atoms with Gasteiger partial charge in [0.05, 0.1) is 18.4 Å². The van der Waals surface area contributed by atoms with Crippen LogP contribution in [0.25, 0.3) is 22.4 Å². The molecule has 0 amide bonds. The van der Waals surface area contributed by atoms with Crippen molar-refractivity contribution in [3.63, 3.8) is 0 Å². The molecule has 6 nitrogen and oxygen atoms in total. The lowest BCUT2D eigenvalue weighted by atomic mass is 10.1. The van der Waals surface area contributed by atoms with Crippen molar-refractivity contribution in [2.75, 3.05) is 18.4 Å². The minimum atomic E-state index is 0.803. The van der Waals surface area contributed by atoms with Crippen LogP contribution < -0.4 is 10.6 Å². The molecule has 104 valence electrons. The molecule has 0 atom stereocenters. The van der Waals surface area contributed by atoms with Crippen LogP contribution in [0.2, 0.25) is 0 Å². The molecule has 0 saturated carbocycles. The van der Waals surface area contributed by atoms with E-state index in [1.165, 1.54) is 0 Å². The average Bonchev–Trinajstić information content (AvgIpc) is 3.17. The predicted octanol–water partition coefficient (Wildman–Crippen LogP) is 2.00. The van der Waals surface area contributed by atoms with E-state index in [0.29, 0.717) is 0 Å². The number of aliphatic imine (C=N–C) groups is 1. The summed E-state index contributed by atoms with van der Waals surface area (Å²) in [5.41, 5.74) is 4.53. The normalized spacial score (nSPS) is 14.0. The Labute approximate surface area is 121 Å². The smallest absolute Gasteiger partial charge is 0.195 e. The van der Waals surface area contributed by atoms with Crippen LogP contribution in [-0.4, -0.2) is 34.0 Å². The van der Waals surface area contributed by atoms with Gasteiger partial charge >= 0.3 is 0 Å². The number of H-pyrrole nitrogens is 1. The zero-order valence-corrected chi connectivity index (χ0v) is 11.3. The molecular weight excluding hydrogens is 264 g/mol. The van der Waals surface area contributed by atoms with Crippen LogP contribution in [0.3, 0.4) is 0 Å². The van der Waals surface area contributed by atoms with Crippen molar-refractivity contribution in [1.82, 2.24) is 20.3 Å². The third-order valence-corrected chi connectivity index (χ3v) is 3.36. The maximum Gasteiger partial charge on any atom is 0.195 e. The number of fused-ring (bicyclic) bond motifs is 1. The predicted molar refractivity (Wildman–Crippen MR) is 83.3 cm³/mol. The fourth-order valence-electron chi connectivity index (χ4n) is 2.34. The monoisotopic (exact) mass is 278 g/mol. The summed E-state index contributed by atoms with van der Waals surface area (Å²) in [6.45, 7) is 1.70. The van der Waals surface area contributed by atoms with Gasteiger partial charge in [0.15, 0.2) is 11.6 Å². The van der Waals surface area contributed by atoms with Crippen molar-refractivity contribution >= 4 is 22.8 Å². The highest BCUT2D eigenvalue weighted by molar-refractivity contribution is 5.95. The van der Waals surface area contributed by atoms with Gasteiger partial charge in [0.2, 0.25) is 0 Å². The first-order chi connectivity index (χ1) is 10.4.